The molecule has 0 saturated carbocycles. The monoisotopic (exact) mass is 446 g/mol. The van der Waals surface area contributed by atoms with E-state index in [0.717, 1.165) is 0 Å². The molecule has 3 aromatic rings. The molecule has 0 bridgehead atoms. The van der Waals surface area contributed by atoms with E-state index in [0.29, 0.717) is 33.3 Å². The molecule has 0 radical (unpaired) electrons. The van der Waals surface area contributed by atoms with E-state index in [-0.39, 0.29) is 16.6 Å². The number of carbonyl (C=O) groups excluding carboxylic acids is 1. The summed E-state index contributed by atoms with van der Waals surface area (Å²) in [5, 5.41) is 8.60. The summed E-state index contributed by atoms with van der Waals surface area (Å²) >= 11 is 5.96. The highest BCUT2D eigenvalue weighted by molar-refractivity contribution is 7.89. The summed E-state index contributed by atoms with van der Waals surface area (Å²) in [5.41, 5.74) is 1.55. The molecule has 9 heteroatoms. The first-order valence-electron chi connectivity index (χ1n) is 8.73. The Labute approximate surface area is 179 Å². The number of hydrogen-bond donors (Lipinski definition) is 2. The molecule has 156 valence electrons. The Morgan fingerprint density at radius 3 is 2.43 bits per heavy atom. The van der Waals surface area contributed by atoms with Crippen molar-refractivity contribution in [2.24, 2.45) is 5.14 Å². The molecule has 0 saturated heterocycles. The van der Waals surface area contributed by atoms with Crippen molar-refractivity contribution in [2.75, 3.05) is 12.4 Å². The number of halogens is 1. The molecule has 0 atom stereocenters. The average Bonchev–Trinajstić information content (AvgIpc) is 2.67. The molecule has 0 aromatic heterocycles. The van der Waals surface area contributed by atoms with Crippen LogP contribution >= 0.6 is 11.6 Å². The van der Waals surface area contributed by atoms with Gasteiger partial charge in [0.2, 0.25) is 15.9 Å². The lowest BCUT2D eigenvalue weighted by atomic mass is 10.0. The molecule has 3 aromatic carbocycles. The summed E-state index contributed by atoms with van der Waals surface area (Å²) in [6.45, 7) is 1.38. The van der Waals surface area contributed by atoms with Gasteiger partial charge in [-0.15, -0.1) is 0 Å². The molecule has 3 N–H and O–H groups in total. The van der Waals surface area contributed by atoms with E-state index >= 15 is 0 Å². The molecule has 1 amide bonds. The standard InChI is InChI=1S/C21H19ClN2O5S/c1-13(25)24-19-8-7-16(28-2)12-18(19)14-6-9-20(21(10-14)30(23,26)27)29-17-5-3-4-15(22)11-17/h3-12H,1-2H3,(H,24,25)(H2,23,26,27). The van der Waals surface area contributed by atoms with Crippen molar-refractivity contribution < 1.29 is 22.7 Å². The van der Waals surface area contributed by atoms with Gasteiger partial charge < -0.3 is 14.8 Å². The Kier molecular flexibility index (Phi) is 6.31. The molecular weight excluding hydrogens is 428 g/mol. The fourth-order valence-electron chi connectivity index (χ4n) is 2.83. The van der Waals surface area contributed by atoms with Gasteiger partial charge in [-0.2, -0.15) is 0 Å². The second kappa shape index (κ2) is 8.74. The van der Waals surface area contributed by atoms with E-state index in [4.69, 9.17) is 26.2 Å². The van der Waals surface area contributed by atoms with E-state index in [1.165, 1.54) is 26.2 Å². The molecule has 0 spiro atoms. The SMILES string of the molecule is COc1ccc(NC(C)=O)c(-c2ccc(Oc3cccc(Cl)c3)c(S(N)(=O)=O)c2)c1. The van der Waals surface area contributed by atoms with Crippen LogP contribution in [-0.2, 0) is 14.8 Å². The number of nitrogens with one attached hydrogen (secondary N) is 1. The van der Waals surface area contributed by atoms with Crippen LogP contribution in [0.2, 0.25) is 5.02 Å². The second-order valence-corrected chi connectivity index (χ2v) is 8.32. The number of amides is 1. The fraction of sp³-hybridized carbons (Fsp3) is 0.0952. The number of rotatable bonds is 6. The summed E-state index contributed by atoms with van der Waals surface area (Å²) in [6, 6.07) is 16.1. The molecule has 0 heterocycles. The second-order valence-electron chi connectivity index (χ2n) is 6.36. The lowest BCUT2D eigenvalue weighted by molar-refractivity contribution is -0.114. The zero-order valence-corrected chi connectivity index (χ0v) is 17.8. The average molecular weight is 447 g/mol. The number of methoxy groups -OCH3 is 1. The summed E-state index contributed by atoms with van der Waals surface area (Å²) < 4.78 is 35.5. The summed E-state index contributed by atoms with van der Waals surface area (Å²) in [6.07, 6.45) is 0. The van der Waals surface area contributed by atoms with Crippen LogP contribution < -0.4 is 19.9 Å². The Balaban J connectivity index is 2.13. The molecule has 7 nitrogen and oxygen atoms in total. The van der Waals surface area contributed by atoms with Gasteiger partial charge >= 0.3 is 0 Å². The van der Waals surface area contributed by atoms with E-state index in [1.807, 2.05) is 0 Å². The fourth-order valence-corrected chi connectivity index (χ4v) is 3.69. The van der Waals surface area contributed by atoms with Crippen LogP contribution in [0, 0.1) is 0 Å². The van der Waals surface area contributed by atoms with Crippen molar-refractivity contribution in [3.05, 3.63) is 65.7 Å². The van der Waals surface area contributed by atoms with Crippen LogP contribution in [0.25, 0.3) is 11.1 Å². The minimum atomic E-state index is -4.12. The highest BCUT2D eigenvalue weighted by Crippen LogP contribution is 2.37. The van der Waals surface area contributed by atoms with Crippen molar-refractivity contribution in [3.63, 3.8) is 0 Å². The van der Waals surface area contributed by atoms with Crippen LogP contribution in [0.3, 0.4) is 0 Å². The van der Waals surface area contributed by atoms with E-state index in [1.54, 1.807) is 48.5 Å². The number of benzene rings is 3. The highest BCUT2D eigenvalue weighted by Gasteiger charge is 2.19. The molecule has 0 aliphatic heterocycles. The predicted octanol–water partition coefficient (Wildman–Crippen LogP) is 4.41. The van der Waals surface area contributed by atoms with Gasteiger partial charge in [-0.1, -0.05) is 23.7 Å². The van der Waals surface area contributed by atoms with Crippen LogP contribution in [0.4, 0.5) is 5.69 Å². The van der Waals surface area contributed by atoms with E-state index < -0.39 is 10.0 Å². The highest BCUT2D eigenvalue weighted by atomic mass is 35.5. The minimum Gasteiger partial charge on any atom is -0.497 e. The van der Waals surface area contributed by atoms with Gasteiger partial charge in [-0.3, -0.25) is 4.79 Å². The maximum atomic E-state index is 12.3. The van der Waals surface area contributed by atoms with Gasteiger partial charge in [0.05, 0.1) is 7.11 Å². The van der Waals surface area contributed by atoms with E-state index in [9.17, 15) is 13.2 Å². The first-order chi connectivity index (χ1) is 14.2. The van der Waals surface area contributed by atoms with Crippen LogP contribution in [-0.4, -0.2) is 21.4 Å². The van der Waals surface area contributed by atoms with E-state index in [2.05, 4.69) is 5.32 Å². The number of sulfonamides is 1. The first kappa shape index (κ1) is 21.6. The zero-order valence-electron chi connectivity index (χ0n) is 16.2. The zero-order chi connectivity index (χ0) is 21.9. The first-order valence-corrected chi connectivity index (χ1v) is 10.7. The third-order valence-corrected chi connectivity index (χ3v) is 5.29. The molecule has 0 aliphatic carbocycles. The van der Waals surface area contributed by atoms with Crippen LogP contribution in [0.15, 0.2) is 65.6 Å². The molecule has 0 aliphatic rings. The normalized spacial score (nSPS) is 11.1. The molecule has 0 fully saturated rings. The minimum absolute atomic E-state index is 0.0486. The molecule has 3 rings (SSSR count). The van der Waals surface area contributed by atoms with Crippen molar-refractivity contribution in [1.29, 1.82) is 0 Å². The Morgan fingerprint density at radius 2 is 1.80 bits per heavy atom. The van der Waals surface area contributed by atoms with Gasteiger partial charge in [0, 0.05) is 23.2 Å². The Hall–Kier alpha value is -3.07. The Morgan fingerprint density at radius 1 is 1.03 bits per heavy atom. The maximum Gasteiger partial charge on any atom is 0.241 e. The van der Waals surface area contributed by atoms with Crippen molar-refractivity contribution >= 4 is 33.2 Å². The topological polar surface area (TPSA) is 108 Å². The quantitative estimate of drug-likeness (QED) is 0.583. The molecular formula is C21H19ClN2O5S. The van der Waals surface area contributed by atoms with Crippen molar-refractivity contribution in [1.82, 2.24) is 0 Å². The number of ether oxygens (including phenoxy) is 2. The molecule has 0 unspecified atom stereocenters. The predicted molar refractivity (Wildman–Crippen MR) is 116 cm³/mol. The number of nitrogens with two attached hydrogens (primary N) is 1. The van der Waals surface area contributed by atoms with Gasteiger partial charge in [0.25, 0.3) is 0 Å². The smallest absolute Gasteiger partial charge is 0.241 e. The number of carbonyl (C=O) groups is 1. The maximum absolute atomic E-state index is 12.3. The number of hydrogen-bond acceptors (Lipinski definition) is 5. The lowest BCUT2D eigenvalue weighted by Crippen LogP contribution is -2.13. The van der Waals surface area contributed by atoms with Gasteiger partial charge in [0.1, 0.15) is 22.1 Å². The van der Waals surface area contributed by atoms with Crippen LogP contribution in [0.5, 0.6) is 17.2 Å². The van der Waals surface area contributed by atoms with Gasteiger partial charge in [-0.25, -0.2) is 13.6 Å². The lowest BCUT2D eigenvalue weighted by Gasteiger charge is -2.15. The molecule has 30 heavy (non-hydrogen) atoms. The summed E-state index contributed by atoms with van der Waals surface area (Å²) in [4.78, 5) is 11.4. The van der Waals surface area contributed by atoms with Crippen molar-refractivity contribution in [3.8, 4) is 28.4 Å². The third kappa shape index (κ3) is 5.10. The number of primary sulfonamides is 1. The largest absolute Gasteiger partial charge is 0.497 e. The van der Waals surface area contributed by atoms with Gasteiger partial charge in [-0.05, 0) is 54.1 Å². The summed E-state index contributed by atoms with van der Waals surface area (Å²) in [7, 11) is -2.61. The van der Waals surface area contributed by atoms with Crippen molar-refractivity contribution in [2.45, 2.75) is 11.8 Å². The van der Waals surface area contributed by atoms with Crippen LogP contribution in [0.1, 0.15) is 6.92 Å². The number of anilines is 1. The van der Waals surface area contributed by atoms with Gasteiger partial charge in [0.15, 0.2) is 0 Å². The third-order valence-electron chi connectivity index (χ3n) is 4.12. The Bertz CT molecular complexity index is 1210. The summed E-state index contributed by atoms with van der Waals surface area (Å²) in [5.74, 6) is 0.678.